The number of carbonyl (C=O) groups is 2. The van der Waals surface area contributed by atoms with E-state index in [-0.39, 0.29) is 17.3 Å². The smallest absolute Gasteiger partial charge is 0.327 e. The normalized spacial score (nSPS) is 16.4. The molecule has 10 heteroatoms. The quantitative estimate of drug-likeness (QED) is 0.466. The molecule has 2 amide bonds. The zero-order valence-corrected chi connectivity index (χ0v) is 17.4. The largest absolute Gasteiger partial charge is 0.416 e. The van der Waals surface area contributed by atoms with Gasteiger partial charge in [-0.15, -0.1) is 0 Å². The SMILES string of the molecule is O=C(NC1C=CC=[N+](Cc2ccc(Cl)c(Cl)c2)C1=O)Sc1cccc(C(F)(F)F)c1. The molecule has 0 radical (unpaired) electrons. The van der Waals surface area contributed by atoms with Crippen LogP contribution in [0, 0.1) is 0 Å². The van der Waals surface area contributed by atoms with Crippen LogP contribution in [0.15, 0.2) is 59.5 Å². The molecule has 1 atom stereocenters. The Morgan fingerprint density at radius 2 is 1.90 bits per heavy atom. The van der Waals surface area contributed by atoms with Crippen molar-refractivity contribution in [3.63, 3.8) is 0 Å². The summed E-state index contributed by atoms with van der Waals surface area (Å²) >= 11 is 12.5. The molecule has 0 aliphatic carbocycles. The molecule has 1 N–H and O–H groups in total. The molecule has 1 heterocycles. The average Bonchev–Trinajstić information content (AvgIpc) is 2.67. The van der Waals surface area contributed by atoms with E-state index in [0.29, 0.717) is 21.8 Å². The van der Waals surface area contributed by atoms with E-state index in [1.54, 1.807) is 30.5 Å². The molecule has 1 unspecified atom stereocenters. The standard InChI is InChI=1S/C20H13Cl2F3N2O2S/c21-15-7-6-12(9-16(15)22)11-27-8-2-5-17(18(27)28)26-19(29)30-14-4-1-3-13(10-14)20(23,24)25/h1-10,17H,11H2/p+1. The summed E-state index contributed by atoms with van der Waals surface area (Å²) in [6.45, 7) is 0.215. The van der Waals surface area contributed by atoms with E-state index in [4.69, 9.17) is 23.2 Å². The number of alkyl halides is 3. The highest BCUT2D eigenvalue weighted by atomic mass is 35.5. The minimum absolute atomic E-state index is 0.119. The number of amides is 2. The number of halogens is 5. The van der Waals surface area contributed by atoms with E-state index in [1.165, 1.54) is 22.8 Å². The van der Waals surface area contributed by atoms with Crippen molar-refractivity contribution in [3.8, 4) is 0 Å². The Morgan fingerprint density at radius 1 is 1.13 bits per heavy atom. The summed E-state index contributed by atoms with van der Waals surface area (Å²) in [5.74, 6) is -0.387. The Bertz CT molecular complexity index is 1050. The predicted octanol–water partition coefficient (Wildman–Crippen LogP) is 5.56. The second-order valence-electron chi connectivity index (χ2n) is 6.29. The molecule has 0 saturated carbocycles. The lowest BCUT2D eigenvalue weighted by Gasteiger charge is -2.14. The van der Waals surface area contributed by atoms with Crippen LogP contribution in [-0.2, 0) is 17.5 Å². The van der Waals surface area contributed by atoms with Crippen LogP contribution in [0.4, 0.5) is 18.0 Å². The van der Waals surface area contributed by atoms with Gasteiger partial charge in [0.05, 0.1) is 15.6 Å². The van der Waals surface area contributed by atoms with E-state index in [0.717, 1.165) is 17.7 Å². The Labute approximate surface area is 184 Å². The van der Waals surface area contributed by atoms with Crippen LogP contribution in [0.3, 0.4) is 0 Å². The van der Waals surface area contributed by atoms with Crippen molar-refractivity contribution < 1.29 is 27.3 Å². The number of nitrogens with one attached hydrogen (secondary N) is 1. The Morgan fingerprint density at radius 3 is 2.60 bits per heavy atom. The molecule has 0 saturated heterocycles. The fraction of sp³-hybridized carbons (Fsp3) is 0.150. The van der Waals surface area contributed by atoms with Crippen LogP contribution in [-0.4, -0.2) is 28.0 Å². The molecule has 1 aliphatic rings. The monoisotopic (exact) mass is 473 g/mol. The van der Waals surface area contributed by atoms with Gasteiger partial charge in [0.25, 0.3) is 5.24 Å². The van der Waals surface area contributed by atoms with Crippen LogP contribution >= 0.6 is 35.0 Å². The lowest BCUT2D eigenvalue weighted by atomic mass is 10.1. The second kappa shape index (κ2) is 9.24. The number of benzene rings is 2. The molecule has 0 aromatic heterocycles. The van der Waals surface area contributed by atoms with Gasteiger partial charge in [0, 0.05) is 16.5 Å². The molecule has 4 nitrogen and oxygen atoms in total. The van der Waals surface area contributed by atoms with Crippen LogP contribution in [0.1, 0.15) is 11.1 Å². The molecule has 156 valence electrons. The molecule has 2 aromatic rings. The highest BCUT2D eigenvalue weighted by Gasteiger charge is 2.32. The third-order valence-electron chi connectivity index (χ3n) is 4.10. The lowest BCUT2D eigenvalue weighted by Crippen LogP contribution is -2.44. The third kappa shape index (κ3) is 5.65. The number of thioether (sulfide) groups is 1. The highest BCUT2D eigenvalue weighted by Crippen LogP contribution is 2.32. The zero-order chi connectivity index (χ0) is 21.9. The van der Waals surface area contributed by atoms with Gasteiger partial charge in [-0.1, -0.05) is 35.3 Å². The minimum Gasteiger partial charge on any atom is -0.327 e. The predicted molar refractivity (Wildman–Crippen MR) is 110 cm³/mol. The van der Waals surface area contributed by atoms with Gasteiger partial charge < -0.3 is 5.32 Å². The first-order chi connectivity index (χ1) is 14.1. The van der Waals surface area contributed by atoms with Gasteiger partial charge in [-0.25, -0.2) is 4.79 Å². The van der Waals surface area contributed by atoms with Crippen molar-refractivity contribution in [2.75, 3.05) is 0 Å². The number of nitrogens with zero attached hydrogens (tertiary/aromatic N) is 1. The molecular formula is C20H14Cl2F3N2O2S+. The summed E-state index contributed by atoms with van der Waals surface area (Å²) in [5.41, 5.74) is -0.107. The summed E-state index contributed by atoms with van der Waals surface area (Å²) in [7, 11) is 0. The minimum atomic E-state index is -4.50. The molecule has 0 bridgehead atoms. The molecule has 2 aromatic carbocycles. The van der Waals surface area contributed by atoms with Gasteiger partial charge in [-0.2, -0.15) is 17.7 Å². The first kappa shape index (κ1) is 22.4. The molecule has 3 rings (SSSR count). The van der Waals surface area contributed by atoms with Gasteiger partial charge >= 0.3 is 12.1 Å². The van der Waals surface area contributed by atoms with Gasteiger partial charge in [-0.3, -0.25) is 4.79 Å². The first-order valence-corrected chi connectivity index (χ1v) is 10.1. The summed E-state index contributed by atoms with van der Waals surface area (Å²) in [6, 6.07) is 8.46. The maximum absolute atomic E-state index is 12.8. The Hall–Kier alpha value is -2.29. The van der Waals surface area contributed by atoms with E-state index in [2.05, 4.69) is 5.32 Å². The van der Waals surface area contributed by atoms with Crippen LogP contribution in [0.5, 0.6) is 0 Å². The molecular weight excluding hydrogens is 460 g/mol. The fourth-order valence-corrected chi connectivity index (χ4v) is 3.73. The van der Waals surface area contributed by atoms with Crippen molar-refractivity contribution in [2.24, 2.45) is 0 Å². The van der Waals surface area contributed by atoms with E-state index >= 15 is 0 Å². The van der Waals surface area contributed by atoms with Gasteiger partial charge in [0.1, 0.15) is 0 Å². The Balaban J connectivity index is 1.64. The topological polar surface area (TPSA) is 49.2 Å². The van der Waals surface area contributed by atoms with Gasteiger partial charge in [0.2, 0.25) is 0 Å². The van der Waals surface area contributed by atoms with E-state index in [9.17, 15) is 22.8 Å². The summed E-state index contributed by atoms with van der Waals surface area (Å²) < 4.78 is 39.8. The van der Waals surface area contributed by atoms with Gasteiger partial charge in [-0.05, 0) is 48.2 Å². The number of carbonyl (C=O) groups excluding carboxylic acids is 2. The zero-order valence-electron chi connectivity index (χ0n) is 15.1. The molecule has 30 heavy (non-hydrogen) atoms. The molecule has 0 fully saturated rings. The molecule has 1 aliphatic heterocycles. The maximum Gasteiger partial charge on any atom is 0.416 e. The van der Waals surface area contributed by atoms with Crippen molar-refractivity contribution in [3.05, 3.63) is 75.8 Å². The Kier molecular flexibility index (Phi) is 6.90. The summed E-state index contributed by atoms with van der Waals surface area (Å²) in [4.78, 5) is 25.0. The molecule has 0 spiro atoms. The number of allylic oxidation sites excluding steroid dienone is 1. The maximum atomic E-state index is 12.8. The van der Waals surface area contributed by atoms with E-state index < -0.39 is 23.0 Å². The highest BCUT2D eigenvalue weighted by molar-refractivity contribution is 8.13. The lowest BCUT2D eigenvalue weighted by molar-refractivity contribution is -0.461. The van der Waals surface area contributed by atoms with Crippen LogP contribution < -0.4 is 5.32 Å². The van der Waals surface area contributed by atoms with Crippen LogP contribution in [0.25, 0.3) is 0 Å². The third-order valence-corrected chi connectivity index (χ3v) is 5.63. The van der Waals surface area contributed by atoms with E-state index in [1.807, 2.05) is 0 Å². The fourth-order valence-electron chi connectivity index (χ4n) is 2.67. The number of hydrogen-bond donors (Lipinski definition) is 1. The van der Waals surface area contributed by atoms with Crippen molar-refractivity contribution in [1.29, 1.82) is 0 Å². The number of rotatable bonds is 4. The average molecular weight is 474 g/mol. The van der Waals surface area contributed by atoms with Crippen molar-refractivity contribution >= 4 is 52.3 Å². The first-order valence-electron chi connectivity index (χ1n) is 8.55. The van der Waals surface area contributed by atoms with Crippen LogP contribution in [0.2, 0.25) is 10.0 Å². The van der Waals surface area contributed by atoms with Crippen molar-refractivity contribution in [2.45, 2.75) is 23.7 Å². The van der Waals surface area contributed by atoms with Gasteiger partial charge in [0.15, 0.2) is 18.8 Å². The summed E-state index contributed by atoms with van der Waals surface area (Å²) in [6.07, 6.45) is 0.167. The second-order valence-corrected chi connectivity index (χ2v) is 8.15. The summed E-state index contributed by atoms with van der Waals surface area (Å²) in [5, 5.41) is 2.62. The van der Waals surface area contributed by atoms with Crippen molar-refractivity contribution in [1.82, 2.24) is 5.32 Å². The number of hydrogen-bond acceptors (Lipinski definition) is 3.